The molecule has 0 aliphatic carbocycles. The number of carbonyl (C=O) groups is 2. The van der Waals surface area contributed by atoms with Crippen molar-refractivity contribution >= 4 is 11.8 Å². The summed E-state index contributed by atoms with van der Waals surface area (Å²) in [4.78, 5) is 29.1. The Morgan fingerprint density at radius 2 is 1.83 bits per heavy atom. The minimum Gasteiger partial charge on any atom is -0.441 e. The fourth-order valence-corrected chi connectivity index (χ4v) is 2.80. The minimum atomic E-state index is -1.18. The summed E-state index contributed by atoms with van der Waals surface area (Å²) in [5.41, 5.74) is 1.31. The second-order valence-corrected chi connectivity index (χ2v) is 6.35. The van der Waals surface area contributed by atoms with Crippen LogP contribution >= 0.6 is 0 Å². The van der Waals surface area contributed by atoms with Crippen molar-refractivity contribution in [1.82, 2.24) is 15.6 Å². The molecule has 0 aliphatic rings. The van der Waals surface area contributed by atoms with E-state index in [-0.39, 0.29) is 12.0 Å². The molecular weight excluding hydrogens is 380 g/mol. The van der Waals surface area contributed by atoms with Crippen LogP contribution in [0.25, 0.3) is 11.5 Å². The van der Waals surface area contributed by atoms with Crippen LogP contribution in [-0.4, -0.2) is 23.8 Å². The molecule has 0 saturated carbocycles. The highest BCUT2D eigenvalue weighted by molar-refractivity contribution is 5.89. The number of hydrogen-bond donors (Lipinski definition) is 2. The quantitative estimate of drug-likeness (QED) is 0.667. The Morgan fingerprint density at radius 1 is 1.10 bits per heavy atom. The molecule has 0 saturated heterocycles. The van der Waals surface area contributed by atoms with E-state index in [9.17, 15) is 18.4 Å². The highest BCUT2D eigenvalue weighted by Crippen LogP contribution is 2.22. The molecular formula is C21H19F2N3O3. The topological polar surface area (TPSA) is 84.2 Å². The minimum absolute atomic E-state index is 0.124. The van der Waals surface area contributed by atoms with Gasteiger partial charge in [-0.1, -0.05) is 24.3 Å². The molecule has 0 bridgehead atoms. The molecule has 1 unspecified atom stereocenters. The summed E-state index contributed by atoms with van der Waals surface area (Å²) >= 11 is 0. The summed E-state index contributed by atoms with van der Waals surface area (Å²) in [7, 11) is 1.38. The van der Waals surface area contributed by atoms with Crippen molar-refractivity contribution in [2.24, 2.45) is 0 Å². The number of likely N-dealkylation sites (N-methyl/N-ethyl adjacent to an activating group) is 1. The molecule has 8 heteroatoms. The maximum atomic E-state index is 13.6. The molecule has 0 spiro atoms. The molecule has 150 valence electrons. The summed E-state index contributed by atoms with van der Waals surface area (Å²) in [6, 6.07) is 11.1. The first-order valence-corrected chi connectivity index (χ1v) is 8.86. The van der Waals surface area contributed by atoms with Gasteiger partial charge in [-0.25, -0.2) is 13.8 Å². The zero-order valence-corrected chi connectivity index (χ0v) is 15.8. The Bertz CT molecular complexity index is 1030. The second kappa shape index (κ2) is 8.64. The van der Waals surface area contributed by atoms with Crippen molar-refractivity contribution in [2.75, 3.05) is 7.05 Å². The van der Waals surface area contributed by atoms with E-state index in [1.807, 2.05) is 30.3 Å². The zero-order valence-electron chi connectivity index (χ0n) is 15.8. The van der Waals surface area contributed by atoms with Crippen molar-refractivity contribution < 1.29 is 22.8 Å². The Labute approximate surface area is 166 Å². The zero-order chi connectivity index (χ0) is 21.0. The van der Waals surface area contributed by atoms with E-state index in [1.54, 1.807) is 6.92 Å². The number of nitrogens with one attached hydrogen (secondary N) is 2. The van der Waals surface area contributed by atoms with Gasteiger partial charge in [0.15, 0.2) is 11.6 Å². The number of benzene rings is 2. The van der Waals surface area contributed by atoms with Gasteiger partial charge in [-0.05, 0) is 36.8 Å². The van der Waals surface area contributed by atoms with E-state index in [0.717, 1.165) is 17.7 Å². The van der Waals surface area contributed by atoms with Crippen LogP contribution in [0.15, 0.2) is 52.9 Å². The molecule has 2 amide bonds. The van der Waals surface area contributed by atoms with Gasteiger partial charge in [0.2, 0.25) is 17.7 Å². The molecule has 0 radical (unpaired) electrons. The monoisotopic (exact) mass is 399 g/mol. The van der Waals surface area contributed by atoms with Gasteiger partial charge < -0.3 is 15.1 Å². The van der Waals surface area contributed by atoms with Crippen LogP contribution in [0.5, 0.6) is 0 Å². The first kappa shape index (κ1) is 20.2. The van der Waals surface area contributed by atoms with Crippen molar-refractivity contribution in [1.29, 1.82) is 0 Å². The fraction of sp³-hybridized carbons (Fsp3) is 0.190. The molecule has 0 aliphatic heterocycles. The lowest BCUT2D eigenvalue weighted by Crippen LogP contribution is -2.39. The van der Waals surface area contributed by atoms with Crippen molar-refractivity contribution in [3.63, 3.8) is 0 Å². The lowest BCUT2D eigenvalue weighted by atomic mass is 10.1. The number of aromatic nitrogens is 1. The van der Waals surface area contributed by atoms with Crippen molar-refractivity contribution in [3.8, 4) is 11.5 Å². The molecule has 1 atom stereocenters. The number of oxazole rings is 1. The predicted molar refractivity (Wildman–Crippen MR) is 102 cm³/mol. The van der Waals surface area contributed by atoms with Gasteiger partial charge >= 0.3 is 0 Å². The first-order chi connectivity index (χ1) is 13.9. The Balaban J connectivity index is 1.78. The van der Waals surface area contributed by atoms with Crippen LogP contribution in [0.1, 0.15) is 23.1 Å². The Hall–Kier alpha value is -3.55. The van der Waals surface area contributed by atoms with Crippen LogP contribution in [0.4, 0.5) is 8.78 Å². The van der Waals surface area contributed by atoms with Crippen LogP contribution < -0.4 is 10.6 Å². The average Bonchev–Trinajstić information content (AvgIpc) is 3.08. The van der Waals surface area contributed by atoms with Gasteiger partial charge in [-0.15, -0.1) is 0 Å². The van der Waals surface area contributed by atoms with E-state index in [2.05, 4.69) is 15.6 Å². The number of aryl methyl sites for hydroxylation is 1. The number of rotatable bonds is 6. The molecule has 2 N–H and O–H groups in total. The third-order valence-electron chi connectivity index (χ3n) is 4.33. The normalized spacial score (nSPS) is 11.7. The highest BCUT2D eigenvalue weighted by atomic mass is 19.2. The van der Waals surface area contributed by atoms with Gasteiger partial charge in [0.05, 0.1) is 12.1 Å². The molecule has 6 nitrogen and oxygen atoms in total. The number of halogens is 2. The van der Waals surface area contributed by atoms with Crippen molar-refractivity contribution in [2.45, 2.75) is 19.4 Å². The summed E-state index contributed by atoms with van der Waals surface area (Å²) in [6.45, 7) is 1.69. The summed E-state index contributed by atoms with van der Waals surface area (Å²) in [5, 5.41) is 4.93. The van der Waals surface area contributed by atoms with Crippen LogP contribution in [0, 0.1) is 18.6 Å². The molecule has 3 rings (SSSR count). The highest BCUT2D eigenvalue weighted by Gasteiger charge is 2.24. The molecule has 29 heavy (non-hydrogen) atoms. The van der Waals surface area contributed by atoms with E-state index in [4.69, 9.17) is 4.42 Å². The Kier molecular flexibility index (Phi) is 6.01. The summed E-state index contributed by atoms with van der Waals surface area (Å²) in [6.07, 6.45) is -0.140. The number of hydrogen-bond acceptors (Lipinski definition) is 4. The molecule has 0 fully saturated rings. The molecule has 1 heterocycles. The largest absolute Gasteiger partial charge is 0.441 e. The standard InChI is InChI=1S/C21H19F2N3O3/c1-12-17(25-21(29-12)13-6-4-3-5-7-13)11-18(27)26-19(20(28)24-2)14-8-9-15(22)16(23)10-14/h3-10,19H,11H2,1-2H3,(H,24,28)(H,26,27). The van der Waals surface area contributed by atoms with E-state index >= 15 is 0 Å². The first-order valence-electron chi connectivity index (χ1n) is 8.86. The Morgan fingerprint density at radius 3 is 2.48 bits per heavy atom. The smallest absolute Gasteiger partial charge is 0.246 e. The van der Waals surface area contributed by atoms with Crippen LogP contribution in [0.3, 0.4) is 0 Å². The maximum absolute atomic E-state index is 13.6. The molecule has 2 aromatic carbocycles. The molecule has 3 aromatic rings. The maximum Gasteiger partial charge on any atom is 0.246 e. The van der Waals surface area contributed by atoms with Crippen LogP contribution in [0.2, 0.25) is 0 Å². The third-order valence-corrected chi connectivity index (χ3v) is 4.33. The number of amides is 2. The second-order valence-electron chi connectivity index (χ2n) is 6.35. The van der Waals surface area contributed by atoms with Crippen LogP contribution in [-0.2, 0) is 16.0 Å². The summed E-state index contributed by atoms with van der Waals surface area (Å²) in [5.74, 6) is -2.36. The third kappa shape index (κ3) is 4.66. The van der Waals surface area contributed by atoms with Gasteiger partial charge in [0, 0.05) is 12.6 Å². The predicted octanol–water partition coefficient (Wildman–Crippen LogP) is 3.07. The average molecular weight is 399 g/mol. The van der Waals surface area contributed by atoms with Gasteiger partial charge in [0.1, 0.15) is 11.8 Å². The SMILES string of the molecule is CNC(=O)C(NC(=O)Cc1nc(-c2ccccc2)oc1C)c1ccc(F)c(F)c1. The van der Waals surface area contributed by atoms with Gasteiger partial charge in [-0.2, -0.15) is 0 Å². The molecule has 1 aromatic heterocycles. The fourth-order valence-electron chi connectivity index (χ4n) is 2.80. The summed E-state index contributed by atoms with van der Waals surface area (Å²) < 4.78 is 32.4. The van der Waals surface area contributed by atoms with Gasteiger partial charge in [-0.3, -0.25) is 9.59 Å². The van der Waals surface area contributed by atoms with E-state index in [1.165, 1.54) is 13.1 Å². The van der Waals surface area contributed by atoms with Crippen molar-refractivity contribution in [3.05, 3.63) is 77.2 Å². The number of nitrogens with zero attached hydrogens (tertiary/aromatic N) is 1. The number of carbonyl (C=O) groups excluding carboxylic acids is 2. The van der Waals surface area contributed by atoms with Gasteiger partial charge in [0.25, 0.3) is 0 Å². The van der Waals surface area contributed by atoms with E-state index < -0.39 is 29.5 Å². The lowest BCUT2D eigenvalue weighted by Gasteiger charge is -2.17. The lowest BCUT2D eigenvalue weighted by molar-refractivity contribution is -0.128. The van der Waals surface area contributed by atoms with E-state index in [0.29, 0.717) is 17.3 Å².